The molecular formula is C12H20ClNOS2. The molecule has 0 radical (unpaired) electrons. The molecule has 0 fully saturated rings. The van der Waals surface area contributed by atoms with E-state index in [0.717, 1.165) is 22.9 Å². The maximum absolute atomic E-state index is 9.06. The number of rotatable bonds is 8. The second-order valence-electron chi connectivity index (χ2n) is 3.93. The summed E-state index contributed by atoms with van der Waals surface area (Å²) >= 11 is 9.41. The summed E-state index contributed by atoms with van der Waals surface area (Å²) in [4.78, 5) is 1.28. The molecule has 0 amide bonds. The van der Waals surface area contributed by atoms with Crippen molar-refractivity contribution in [3.63, 3.8) is 0 Å². The third-order valence-corrected chi connectivity index (χ3v) is 4.71. The summed E-state index contributed by atoms with van der Waals surface area (Å²) < 4.78 is 0.837. The number of nitrogens with one attached hydrogen (secondary N) is 1. The summed E-state index contributed by atoms with van der Waals surface area (Å²) in [6.45, 7) is 2.40. The summed E-state index contributed by atoms with van der Waals surface area (Å²) in [5, 5.41) is 12.7. The van der Waals surface area contributed by atoms with Crippen molar-refractivity contribution in [3.8, 4) is 0 Å². The number of hydrogen-bond donors (Lipinski definition) is 2. The zero-order valence-corrected chi connectivity index (χ0v) is 12.7. The average Bonchev–Trinajstić information content (AvgIpc) is 2.73. The van der Waals surface area contributed by atoms with Gasteiger partial charge in [-0.15, -0.1) is 11.3 Å². The quantitative estimate of drug-likeness (QED) is 0.769. The maximum Gasteiger partial charge on any atom is 0.0931 e. The van der Waals surface area contributed by atoms with Crippen molar-refractivity contribution in [1.29, 1.82) is 0 Å². The van der Waals surface area contributed by atoms with E-state index in [9.17, 15) is 0 Å². The average molecular weight is 294 g/mol. The lowest BCUT2D eigenvalue weighted by Gasteiger charge is -2.23. The summed E-state index contributed by atoms with van der Waals surface area (Å²) in [5.41, 5.74) is 0. The van der Waals surface area contributed by atoms with E-state index >= 15 is 0 Å². The first-order valence-corrected chi connectivity index (χ1v) is 8.41. The van der Waals surface area contributed by atoms with Gasteiger partial charge in [0.05, 0.1) is 4.34 Å². The Kier molecular flexibility index (Phi) is 7.55. The van der Waals surface area contributed by atoms with Gasteiger partial charge < -0.3 is 10.4 Å². The zero-order valence-electron chi connectivity index (χ0n) is 10.3. The Hall–Kier alpha value is 0.260. The fourth-order valence-electron chi connectivity index (χ4n) is 1.77. The Balaban J connectivity index is 2.60. The van der Waals surface area contributed by atoms with E-state index in [-0.39, 0.29) is 6.61 Å². The number of aliphatic hydroxyl groups is 1. The molecule has 0 aliphatic heterocycles. The smallest absolute Gasteiger partial charge is 0.0931 e. The second-order valence-corrected chi connectivity index (χ2v) is 6.59. The van der Waals surface area contributed by atoms with Gasteiger partial charge in [-0.2, -0.15) is 11.8 Å². The molecule has 0 saturated heterocycles. The lowest BCUT2D eigenvalue weighted by atomic mass is 10.1. The molecule has 17 heavy (non-hydrogen) atoms. The van der Waals surface area contributed by atoms with E-state index in [1.54, 1.807) is 23.1 Å². The van der Waals surface area contributed by atoms with E-state index in [0.29, 0.717) is 12.1 Å². The van der Waals surface area contributed by atoms with Crippen molar-refractivity contribution in [3.05, 3.63) is 21.3 Å². The summed E-state index contributed by atoms with van der Waals surface area (Å²) in [7, 11) is 0. The van der Waals surface area contributed by atoms with Gasteiger partial charge in [-0.05, 0) is 31.2 Å². The van der Waals surface area contributed by atoms with Gasteiger partial charge in [0, 0.05) is 29.3 Å². The SMILES string of the molecule is CCC(NC(CCO)CSC)c1ccc(Cl)s1. The molecule has 0 aromatic carbocycles. The minimum Gasteiger partial charge on any atom is -0.396 e. The normalized spacial score (nSPS) is 14.8. The summed E-state index contributed by atoms with van der Waals surface area (Å²) in [5.74, 6) is 1.02. The molecule has 0 saturated carbocycles. The molecule has 2 nitrogen and oxygen atoms in total. The highest BCUT2D eigenvalue weighted by molar-refractivity contribution is 7.98. The molecule has 2 unspecified atom stereocenters. The lowest BCUT2D eigenvalue weighted by molar-refractivity contribution is 0.264. The van der Waals surface area contributed by atoms with Crippen LogP contribution in [0.4, 0.5) is 0 Å². The first-order valence-electron chi connectivity index (χ1n) is 5.82. The Morgan fingerprint density at radius 2 is 2.29 bits per heavy atom. The third-order valence-electron chi connectivity index (χ3n) is 2.63. The molecule has 1 aromatic rings. The molecule has 98 valence electrons. The van der Waals surface area contributed by atoms with Gasteiger partial charge in [-0.3, -0.25) is 0 Å². The van der Waals surface area contributed by atoms with Crippen LogP contribution in [0, 0.1) is 0 Å². The molecule has 0 aliphatic carbocycles. The fourth-order valence-corrected chi connectivity index (χ4v) is 3.64. The number of hydrogen-bond acceptors (Lipinski definition) is 4. The van der Waals surface area contributed by atoms with Gasteiger partial charge in [0.15, 0.2) is 0 Å². The van der Waals surface area contributed by atoms with E-state index < -0.39 is 0 Å². The largest absolute Gasteiger partial charge is 0.396 e. The van der Waals surface area contributed by atoms with Crippen LogP contribution in [0.3, 0.4) is 0 Å². The van der Waals surface area contributed by atoms with Crippen LogP contribution in [0.5, 0.6) is 0 Å². The van der Waals surface area contributed by atoms with Crippen LogP contribution in [0.2, 0.25) is 4.34 Å². The molecule has 0 spiro atoms. The topological polar surface area (TPSA) is 32.3 Å². The van der Waals surface area contributed by atoms with Gasteiger partial charge in [0.1, 0.15) is 0 Å². The van der Waals surface area contributed by atoms with Crippen LogP contribution >= 0.6 is 34.7 Å². The Labute approximate surface area is 117 Å². The van der Waals surface area contributed by atoms with E-state index in [4.69, 9.17) is 16.7 Å². The van der Waals surface area contributed by atoms with Crippen molar-refractivity contribution in [1.82, 2.24) is 5.32 Å². The lowest BCUT2D eigenvalue weighted by Crippen LogP contribution is -2.35. The first-order chi connectivity index (χ1) is 8.21. The summed E-state index contributed by atoms with van der Waals surface area (Å²) in [6, 6.07) is 4.74. The molecule has 1 heterocycles. The van der Waals surface area contributed by atoms with Crippen LogP contribution in [-0.4, -0.2) is 29.8 Å². The number of thioether (sulfide) groups is 1. The molecule has 2 atom stereocenters. The highest BCUT2D eigenvalue weighted by atomic mass is 35.5. The van der Waals surface area contributed by atoms with Gasteiger partial charge in [-0.1, -0.05) is 18.5 Å². The number of thiophene rings is 1. The van der Waals surface area contributed by atoms with Crippen molar-refractivity contribution in [2.24, 2.45) is 0 Å². The van der Waals surface area contributed by atoms with Crippen LogP contribution in [0.25, 0.3) is 0 Å². The van der Waals surface area contributed by atoms with Crippen molar-refractivity contribution in [2.45, 2.75) is 31.8 Å². The zero-order chi connectivity index (χ0) is 12.7. The van der Waals surface area contributed by atoms with Crippen molar-refractivity contribution in [2.75, 3.05) is 18.6 Å². The van der Waals surface area contributed by atoms with Crippen molar-refractivity contribution >= 4 is 34.7 Å². The molecule has 2 N–H and O–H groups in total. The van der Waals surface area contributed by atoms with E-state index in [1.165, 1.54) is 4.88 Å². The maximum atomic E-state index is 9.06. The molecule has 1 aromatic heterocycles. The molecule has 0 bridgehead atoms. The molecular weight excluding hydrogens is 274 g/mol. The third kappa shape index (κ3) is 5.18. The van der Waals surface area contributed by atoms with Crippen LogP contribution in [0.1, 0.15) is 30.7 Å². The molecule has 0 aliphatic rings. The van der Waals surface area contributed by atoms with Gasteiger partial charge >= 0.3 is 0 Å². The fraction of sp³-hybridized carbons (Fsp3) is 0.667. The minimum absolute atomic E-state index is 0.236. The molecule has 5 heteroatoms. The Morgan fingerprint density at radius 1 is 1.53 bits per heavy atom. The summed E-state index contributed by atoms with van der Waals surface area (Å²) in [6.07, 6.45) is 3.93. The Morgan fingerprint density at radius 3 is 2.76 bits per heavy atom. The standard InChI is InChI=1S/C12H20ClNOS2/c1-3-10(11-4-5-12(13)17-11)14-9(6-7-15)8-16-2/h4-5,9-10,14-15H,3,6-8H2,1-2H3. The highest BCUT2D eigenvalue weighted by Crippen LogP contribution is 2.29. The van der Waals surface area contributed by atoms with E-state index in [2.05, 4.69) is 24.6 Å². The van der Waals surface area contributed by atoms with Crippen LogP contribution in [0.15, 0.2) is 12.1 Å². The van der Waals surface area contributed by atoms with Gasteiger partial charge in [0.2, 0.25) is 0 Å². The minimum atomic E-state index is 0.236. The Bertz CT molecular complexity index is 313. The predicted octanol–water partition coefficient (Wildman–Crippen LogP) is 3.56. The van der Waals surface area contributed by atoms with Gasteiger partial charge in [0.25, 0.3) is 0 Å². The van der Waals surface area contributed by atoms with Gasteiger partial charge in [-0.25, -0.2) is 0 Å². The first kappa shape index (κ1) is 15.3. The number of aliphatic hydroxyl groups excluding tert-OH is 1. The highest BCUT2D eigenvalue weighted by Gasteiger charge is 2.16. The predicted molar refractivity (Wildman–Crippen MR) is 79.4 cm³/mol. The van der Waals surface area contributed by atoms with Crippen molar-refractivity contribution < 1.29 is 5.11 Å². The van der Waals surface area contributed by atoms with Crippen LogP contribution in [-0.2, 0) is 0 Å². The van der Waals surface area contributed by atoms with Crippen LogP contribution < -0.4 is 5.32 Å². The number of halogens is 1. The molecule has 1 rings (SSSR count). The monoisotopic (exact) mass is 293 g/mol. The van der Waals surface area contributed by atoms with E-state index in [1.807, 2.05) is 6.07 Å². The second kappa shape index (κ2) is 8.38.